The Morgan fingerprint density at radius 3 is 2.60 bits per heavy atom. The van der Waals surface area contributed by atoms with E-state index in [-0.39, 0.29) is 5.92 Å². The Labute approximate surface area is 125 Å². The van der Waals surface area contributed by atoms with E-state index in [0.717, 1.165) is 19.3 Å². The van der Waals surface area contributed by atoms with Crippen molar-refractivity contribution in [3.8, 4) is 0 Å². The molecule has 2 unspecified atom stereocenters. The largest absolute Gasteiger partial charge is 0.393 e. The van der Waals surface area contributed by atoms with E-state index in [1.165, 1.54) is 5.56 Å². The highest BCUT2D eigenvalue weighted by molar-refractivity contribution is 7.80. The summed E-state index contributed by atoms with van der Waals surface area (Å²) in [4.78, 5) is 15.1. The lowest BCUT2D eigenvalue weighted by molar-refractivity contribution is -0.133. The molecule has 0 spiro atoms. The van der Waals surface area contributed by atoms with Gasteiger partial charge < -0.3 is 10.6 Å². The average molecular weight is 288 g/mol. The SMILES string of the molecule is NC(=S)CCN(C(=O)C1CC1c1ccccc1)C1CC1. The molecule has 0 bridgehead atoms. The van der Waals surface area contributed by atoms with Gasteiger partial charge in [-0.25, -0.2) is 0 Å². The highest BCUT2D eigenvalue weighted by Gasteiger charge is 2.47. The van der Waals surface area contributed by atoms with Crippen molar-refractivity contribution in [1.29, 1.82) is 0 Å². The van der Waals surface area contributed by atoms with Crippen LogP contribution in [0.1, 0.15) is 37.2 Å². The van der Waals surface area contributed by atoms with Gasteiger partial charge in [0.2, 0.25) is 5.91 Å². The van der Waals surface area contributed by atoms with Crippen molar-refractivity contribution in [3.05, 3.63) is 35.9 Å². The Balaban J connectivity index is 1.62. The van der Waals surface area contributed by atoms with Gasteiger partial charge in [0.05, 0.1) is 4.99 Å². The number of hydrogen-bond acceptors (Lipinski definition) is 2. The summed E-state index contributed by atoms with van der Waals surface area (Å²) in [6.07, 6.45) is 3.89. The van der Waals surface area contributed by atoms with Crippen molar-refractivity contribution in [2.45, 2.75) is 37.6 Å². The molecule has 2 fully saturated rings. The number of carbonyl (C=O) groups is 1. The molecule has 1 amide bonds. The molecular weight excluding hydrogens is 268 g/mol. The number of nitrogens with zero attached hydrogens (tertiary/aromatic N) is 1. The van der Waals surface area contributed by atoms with E-state index in [2.05, 4.69) is 12.1 Å². The lowest BCUT2D eigenvalue weighted by Gasteiger charge is -2.22. The van der Waals surface area contributed by atoms with Crippen molar-refractivity contribution >= 4 is 23.1 Å². The molecule has 2 aliphatic carbocycles. The Bertz CT molecular complexity index is 512. The van der Waals surface area contributed by atoms with Gasteiger partial charge in [-0.05, 0) is 30.7 Å². The summed E-state index contributed by atoms with van der Waals surface area (Å²) < 4.78 is 0. The lowest BCUT2D eigenvalue weighted by Crippen LogP contribution is -2.36. The first kappa shape index (κ1) is 13.6. The molecule has 0 radical (unpaired) electrons. The van der Waals surface area contributed by atoms with E-state index in [0.29, 0.717) is 35.8 Å². The highest BCUT2D eigenvalue weighted by Crippen LogP contribution is 2.49. The van der Waals surface area contributed by atoms with E-state index in [1.54, 1.807) is 0 Å². The topological polar surface area (TPSA) is 46.3 Å². The first-order valence-corrected chi connectivity index (χ1v) is 7.71. The maximum absolute atomic E-state index is 12.6. The first-order chi connectivity index (χ1) is 9.66. The van der Waals surface area contributed by atoms with Crippen molar-refractivity contribution < 1.29 is 4.79 Å². The average Bonchev–Trinajstić information content (AvgIpc) is 3.32. The summed E-state index contributed by atoms with van der Waals surface area (Å²) in [7, 11) is 0. The van der Waals surface area contributed by atoms with Gasteiger partial charge in [0.1, 0.15) is 0 Å². The van der Waals surface area contributed by atoms with E-state index < -0.39 is 0 Å². The highest BCUT2D eigenvalue weighted by atomic mass is 32.1. The number of nitrogens with two attached hydrogens (primary N) is 1. The smallest absolute Gasteiger partial charge is 0.226 e. The van der Waals surface area contributed by atoms with Gasteiger partial charge in [-0.2, -0.15) is 0 Å². The number of benzene rings is 1. The summed E-state index contributed by atoms with van der Waals surface area (Å²) in [5, 5.41) is 0. The predicted molar refractivity (Wildman–Crippen MR) is 83.4 cm³/mol. The molecule has 0 heterocycles. The van der Waals surface area contributed by atoms with E-state index in [9.17, 15) is 4.79 Å². The maximum Gasteiger partial charge on any atom is 0.226 e. The Hall–Kier alpha value is -1.42. The Morgan fingerprint density at radius 2 is 2.00 bits per heavy atom. The third kappa shape index (κ3) is 3.01. The van der Waals surface area contributed by atoms with Gasteiger partial charge >= 0.3 is 0 Å². The number of thiocarbonyl (C=S) groups is 1. The molecule has 2 saturated carbocycles. The molecule has 4 heteroatoms. The zero-order chi connectivity index (χ0) is 14.1. The van der Waals surface area contributed by atoms with Gasteiger partial charge in [-0.1, -0.05) is 42.5 Å². The third-order valence-corrected chi connectivity index (χ3v) is 4.41. The lowest BCUT2D eigenvalue weighted by atomic mass is 10.1. The van der Waals surface area contributed by atoms with Crippen LogP contribution in [0.2, 0.25) is 0 Å². The fraction of sp³-hybridized carbons (Fsp3) is 0.500. The molecule has 3 rings (SSSR count). The second-order valence-electron chi connectivity index (χ2n) is 5.84. The monoisotopic (exact) mass is 288 g/mol. The van der Waals surface area contributed by atoms with Crippen molar-refractivity contribution in [1.82, 2.24) is 4.90 Å². The van der Waals surface area contributed by atoms with Crippen molar-refractivity contribution in [3.63, 3.8) is 0 Å². The summed E-state index contributed by atoms with van der Waals surface area (Å²) in [5.74, 6) is 0.886. The maximum atomic E-state index is 12.6. The van der Waals surface area contributed by atoms with Crippen LogP contribution in [0.5, 0.6) is 0 Å². The first-order valence-electron chi connectivity index (χ1n) is 7.30. The quantitative estimate of drug-likeness (QED) is 0.818. The van der Waals surface area contributed by atoms with Crippen LogP contribution >= 0.6 is 12.2 Å². The molecule has 1 aromatic rings. The molecule has 0 aromatic heterocycles. The van der Waals surface area contributed by atoms with Crippen LogP contribution in [-0.4, -0.2) is 28.4 Å². The van der Waals surface area contributed by atoms with Gasteiger partial charge in [-0.15, -0.1) is 0 Å². The molecule has 2 aliphatic rings. The van der Waals surface area contributed by atoms with Crippen molar-refractivity contribution in [2.24, 2.45) is 11.7 Å². The summed E-state index contributed by atoms with van der Waals surface area (Å²) in [5.41, 5.74) is 6.85. The fourth-order valence-electron chi connectivity index (χ4n) is 2.84. The van der Waals surface area contributed by atoms with Crippen LogP contribution in [0.4, 0.5) is 0 Å². The normalized spacial score (nSPS) is 24.2. The number of hydrogen-bond donors (Lipinski definition) is 1. The van der Waals surface area contributed by atoms with Crippen LogP contribution in [0, 0.1) is 5.92 Å². The fourth-order valence-corrected chi connectivity index (χ4v) is 2.93. The molecule has 106 valence electrons. The minimum atomic E-state index is 0.171. The number of amides is 1. The molecule has 1 aromatic carbocycles. The van der Waals surface area contributed by atoms with Crippen LogP contribution in [0.15, 0.2) is 30.3 Å². The summed E-state index contributed by atoms with van der Waals surface area (Å²) in [6, 6.07) is 10.8. The standard InChI is InChI=1S/C16H20N2OS/c17-15(20)8-9-18(12-6-7-12)16(19)14-10-13(14)11-4-2-1-3-5-11/h1-5,12-14H,6-10H2,(H2,17,20). The molecule has 0 aliphatic heterocycles. The minimum absolute atomic E-state index is 0.171. The Morgan fingerprint density at radius 1 is 1.30 bits per heavy atom. The van der Waals surface area contributed by atoms with Gasteiger partial charge in [0, 0.05) is 24.9 Å². The van der Waals surface area contributed by atoms with Crippen LogP contribution in [0.3, 0.4) is 0 Å². The number of rotatable bonds is 6. The summed E-state index contributed by atoms with van der Waals surface area (Å²) >= 11 is 4.93. The molecule has 20 heavy (non-hydrogen) atoms. The van der Waals surface area contributed by atoms with Gasteiger partial charge in [-0.3, -0.25) is 4.79 Å². The second kappa shape index (κ2) is 5.52. The van der Waals surface area contributed by atoms with Crippen molar-refractivity contribution in [2.75, 3.05) is 6.54 Å². The summed E-state index contributed by atoms with van der Waals surface area (Å²) in [6.45, 7) is 0.691. The zero-order valence-corrected chi connectivity index (χ0v) is 12.3. The Kier molecular flexibility index (Phi) is 3.74. The zero-order valence-electron chi connectivity index (χ0n) is 11.5. The van der Waals surface area contributed by atoms with Crippen LogP contribution < -0.4 is 5.73 Å². The van der Waals surface area contributed by atoms with E-state index in [1.807, 2.05) is 23.1 Å². The van der Waals surface area contributed by atoms with Gasteiger partial charge in [0.25, 0.3) is 0 Å². The minimum Gasteiger partial charge on any atom is -0.393 e. The van der Waals surface area contributed by atoms with E-state index in [4.69, 9.17) is 18.0 Å². The predicted octanol–water partition coefficient (Wildman–Crippen LogP) is 2.46. The molecular formula is C16H20N2OS. The second-order valence-corrected chi connectivity index (χ2v) is 6.36. The van der Waals surface area contributed by atoms with Gasteiger partial charge in [0.15, 0.2) is 0 Å². The molecule has 2 N–H and O–H groups in total. The molecule has 3 nitrogen and oxygen atoms in total. The van der Waals surface area contributed by atoms with E-state index >= 15 is 0 Å². The third-order valence-electron chi connectivity index (χ3n) is 4.21. The number of carbonyl (C=O) groups excluding carboxylic acids is 1. The van der Waals surface area contributed by atoms with Crippen LogP contribution in [-0.2, 0) is 4.79 Å². The molecule has 2 atom stereocenters. The van der Waals surface area contributed by atoms with Crippen LogP contribution in [0.25, 0.3) is 0 Å². The molecule has 0 saturated heterocycles.